The molecule has 0 bridgehead atoms. The Bertz CT molecular complexity index is 1650. The van der Waals surface area contributed by atoms with E-state index < -0.39 is 5.97 Å². The van der Waals surface area contributed by atoms with Gasteiger partial charge >= 0.3 is 11.7 Å². The Morgan fingerprint density at radius 3 is 2.62 bits per heavy atom. The standard InChI is InChI=1S/C28H27N7O4/c1-3-4-7-20-17-35(25-22(27(36)37)8-5-10-23(25)39-2)28(38)34(20)16-18-11-13-19(14-12-18)24-21(9-6-15-29-24)26-30-32-33-31-26/h5-6,8-15,17H,3-4,7,16H2,1-2H3,(H,36,37)(H,30,31,32,33). The number of para-hydroxylation sites is 1. The van der Waals surface area contributed by atoms with E-state index in [-0.39, 0.29) is 16.9 Å². The molecule has 5 aromatic rings. The number of hydrogen-bond donors (Lipinski definition) is 2. The average molecular weight is 526 g/mol. The highest BCUT2D eigenvalue weighted by Gasteiger charge is 2.21. The molecule has 0 saturated carbocycles. The van der Waals surface area contributed by atoms with E-state index in [4.69, 9.17) is 4.74 Å². The van der Waals surface area contributed by atoms with Gasteiger partial charge in [0.25, 0.3) is 0 Å². The normalized spacial score (nSPS) is 11.0. The predicted octanol–water partition coefficient (Wildman–Crippen LogP) is 3.98. The van der Waals surface area contributed by atoms with Crippen molar-refractivity contribution in [1.29, 1.82) is 0 Å². The zero-order valence-corrected chi connectivity index (χ0v) is 21.5. The molecule has 0 saturated heterocycles. The molecule has 0 aliphatic rings. The van der Waals surface area contributed by atoms with Gasteiger partial charge in [-0.05, 0) is 53.1 Å². The number of rotatable bonds is 10. The SMILES string of the molecule is CCCCc1cn(-c2c(OC)cccc2C(=O)O)c(=O)n1Cc1ccc(-c2ncccc2-c2nnn[nH]2)cc1. The number of carbonyl (C=O) groups is 1. The number of aromatic amines is 1. The van der Waals surface area contributed by atoms with Gasteiger partial charge in [0.05, 0.1) is 24.9 Å². The molecule has 0 atom stereocenters. The molecule has 0 amide bonds. The summed E-state index contributed by atoms with van der Waals surface area (Å²) in [4.78, 5) is 30.2. The number of H-pyrrole nitrogens is 1. The van der Waals surface area contributed by atoms with Gasteiger partial charge < -0.3 is 9.84 Å². The first kappa shape index (κ1) is 25.6. The highest BCUT2D eigenvalue weighted by molar-refractivity contribution is 5.93. The van der Waals surface area contributed by atoms with Crippen molar-refractivity contribution in [2.75, 3.05) is 7.11 Å². The lowest BCUT2D eigenvalue weighted by Crippen LogP contribution is -2.26. The molecule has 0 aliphatic carbocycles. The second-order valence-corrected chi connectivity index (χ2v) is 8.97. The molecule has 2 N–H and O–H groups in total. The number of aromatic carboxylic acids is 1. The number of nitrogens with one attached hydrogen (secondary N) is 1. The van der Waals surface area contributed by atoms with E-state index in [2.05, 4.69) is 32.5 Å². The molecular formula is C28H27N7O4. The maximum atomic E-state index is 13.7. The van der Waals surface area contributed by atoms with Crippen LogP contribution in [0.25, 0.3) is 28.3 Å². The number of hydrogen-bond acceptors (Lipinski definition) is 7. The number of nitrogens with zero attached hydrogens (tertiary/aromatic N) is 6. The minimum Gasteiger partial charge on any atom is -0.495 e. The number of benzene rings is 2. The third kappa shape index (κ3) is 5.06. The van der Waals surface area contributed by atoms with Crippen LogP contribution >= 0.6 is 0 Å². The molecule has 11 nitrogen and oxygen atoms in total. The van der Waals surface area contributed by atoms with Crippen LogP contribution < -0.4 is 10.4 Å². The van der Waals surface area contributed by atoms with Crippen LogP contribution in [0.4, 0.5) is 0 Å². The van der Waals surface area contributed by atoms with Crippen LogP contribution in [0.2, 0.25) is 0 Å². The largest absolute Gasteiger partial charge is 0.495 e. The van der Waals surface area contributed by atoms with Crippen molar-refractivity contribution in [1.82, 2.24) is 34.7 Å². The Balaban J connectivity index is 1.53. The van der Waals surface area contributed by atoms with Crippen LogP contribution in [0.3, 0.4) is 0 Å². The highest BCUT2D eigenvalue weighted by atomic mass is 16.5. The summed E-state index contributed by atoms with van der Waals surface area (Å²) in [5.41, 5.74) is 3.99. The predicted molar refractivity (Wildman–Crippen MR) is 144 cm³/mol. The topological polar surface area (TPSA) is 141 Å². The first-order valence-electron chi connectivity index (χ1n) is 12.5. The summed E-state index contributed by atoms with van der Waals surface area (Å²) in [6.45, 7) is 2.41. The Hall–Kier alpha value is -5.06. The maximum absolute atomic E-state index is 13.7. The van der Waals surface area contributed by atoms with Crippen molar-refractivity contribution in [3.05, 3.63) is 94.3 Å². The van der Waals surface area contributed by atoms with Gasteiger partial charge in [-0.15, -0.1) is 5.10 Å². The van der Waals surface area contributed by atoms with Crippen molar-refractivity contribution in [3.63, 3.8) is 0 Å². The van der Waals surface area contributed by atoms with Crippen LogP contribution in [0.15, 0.2) is 71.8 Å². The number of ether oxygens (including phenoxy) is 1. The number of tetrazole rings is 1. The maximum Gasteiger partial charge on any atom is 0.337 e. The molecule has 0 radical (unpaired) electrons. The lowest BCUT2D eigenvalue weighted by atomic mass is 10.0. The van der Waals surface area contributed by atoms with E-state index in [1.807, 2.05) is 36.4 Å². The third-order valence-electron chi connectivity index (χ3n) is 6.51. The Kier molecular flexibility index (Phi) is 7.30. The van der Waals surface area contributed by atoms with Gasteiger partial charge in [-0.3, -0.25) is 14.1 Å². The first-order valence-corrected chi connectivity index (χ1v) is 12.5. The monoisotopic (exact) mass is 525 g/mol. The van der Waals surface area contributed by atoms with Crippen LogP contribution in [0.1, 0.15) is 41.4 Å². The van der Waals surface area contributed by atoms with E-state index in [0.29, 0.717) is 24.5 Å². The minimum absolute atomic E-state index is 0.00637. The number of pyridine rings is 1. The fourth-order valence-electron chi connectivity index (χ4n) is 4.57. The Morgan fingerprint density at radius 2 is 1.92 bits per heavy atom. The second-order valence-electron chi connectivity index (χ2n) is 8.97. The molecule has 39 heavy (non-hydrogen) atoms. The molecule has 198 valence electrons. The van der Waals surface area contributed by atoms with Crippen LogP contribution in [0, 0.1) is 0 Å². The highest BCUT2D eigenvalue weighted by Crippen LogP contribution is 2.29. The number of aromatic nitrogens is 7. The van der Waals surface area contributed by atoms with E-state index in [9.17, 15) is 14.7 Å². The fourth-order valence-corrected chi connectivity index (χ4v) is 4.57. The molecule has 0 spiro atoms. The number of carboxylic acids is 1. The first-order chi connectivity index (χ1) is 19.0. The number of methoxy groups -OCH3 is 1. The van der Waals surface area contributed by atoms with E-state index >= 15 is 0 Å². The lowest BCUT2D eigenvalue weighted by Gasteiger charge is -2.11. The van der Waals surface area contributed by atoms with E-state index in [0.717, 1.165) is 40.9 Å². The third-order valence-corrected chi connectivity index (χ3v) is 6.51. The lowest BCUT2D eigenvalue weighted by molar-refractivity contribution is 0.0696. The number of unbranched alkanes of at least 4 members (excludes halogenated alkanes) is 1. The summed E-state index contributed by atoms with van der Waals surface area (Å²) >= 11 is 0. The summed E-state index contributed by atoms with van der Waals surface area (Å²) < 4.78 is 8.50. The summed E-state index contributed by atoms with van der Waals surface area (Å²) in [5, 5.41) is 23.9. The number of aryl methyl sites for hydroxylation is 1. The van der Waals surface area contributed by atoms with Gasteiger partial charge in [-0.25, -0.2) is 14.7 Å². The summed E-state index contributed by atoms with van der Waals surface area (Å²) in [6, 6.07) is 16.2. The van der Waals surface area contributed by atoms with Crippen LogP contribution in [-0.2, 0) is 13.0 Å². The molecular weight excluding hydrogens is 498 g/mol. The molecule has 0 fully saturated rings. The van der Waals surface area contributed by atoms with Gasteiger partial charge in [-0.1, -0.05) is 43.7 Å². The number of imidazole rings is 1. The fraction of sp³-hybridized carbons (Fsp3) is 0.214. The summed E-state index contributed by atoms with van der Waals surface area (Å²) in [6.07, 6.45) is 5.95. The van der Waals surface area contributed by atoms with Crippen molar-refractivity contribution >= 4 is 5.97 Å². The molecule has 0 aliphatic heterocycles. The molecule has 3 heterocycles. The van der Waals surface area contributed by atoms with Crippen molar-refractivity contribution in [3.8, 4) is 34.1 Å². The quantitative estimate of drug-likeness (QED) is 0.279. The minimum atomic E-state index is -1.13. The molecule has 2 aromatic carbocycles. The zero-order chi connectivity index (χ0) is 27.4. The smallest absolute Gasteiger partial charge is 0.337 e. The van der Waals surface area contributed by atoms with Gasteiger partial charge in [0.1, 0.15) is 11.4 Å². The van der Waals surface area contributed by atoms with Crippen molar-refractivity contribution in [2.45, 2.75) is 32.7 Å². The second kappa shape index (κ2) is 11.1. The summed E-state index contributed by atoms with van der Waals surface area (Å²) in [7, 11) is 1.46. The van der Waals surface area contributed by atoms with Gasteiger partial charge in [0.15, 0.2) is 5.82 Å². The Labute approximate surface area is 223 Å². The summed E-state index contributed by atoms with van der Waals surface area (Å²) in [5.74, 6) is -0.300. The van der Waals surface area contributed by atoms with Gasteiger partial charge in [-0.2, -0.15) is 0 Å². The number of carboxylic acid groups (broad SMARTS) is 1. The van der Waals surface area contributed by atoms with Gasteiger partial charge in [0.2, 0.25) is 0 Å². The van der Waals surface area contributed by atoms with Crippen LogP contribution in [-0.4, -0.2) is 52.9 Å². The van der Waals surface area contributed by atoms with E-state index in [1.165, 1.54) is 17.7 Å². The molecule has 5 rings (SSSR count). The zero-order valence-electron chi connectivity index (χ0n) is 21.5. The molecule has 3 aromatic heterocycles. The Morgan fingerprint density at radius 1 is 1.10 bits per heavy atom. The van der Waals surface area contributed by atoms with Crippen molar-refractivity contribution in [2.24, 2.45) is 0 Å². The van der Waals surface area contributed by atoms with Crippen LogP contribution in [0.5, 0.6) is 5.75 Å². The van der Waals surface area contributed by atoms with E-state index in [1.54, 1.807) is 29.1 Å². The average Bonchev–Trinajstić information content (AvgIpc) is 3.61. The molecule has 11 heteroatoms. The molecule has 0 unspecified atom stereocenters. The van der Waals surface area contributed by atoms with Crippen molar-refractivity contribution < 1.29 is 14.6 Å². The van der Waals surface area contributed by atoms with Gasteiger partial charge in [0, 0.05) is 29.2 Å².